The molecule has 105 heavy (non-hydrogen) atoms. The molecule has 0 aromatic heterocycles. The summed E-state index contributed by atoms with van der Waals surface area (Å²) in [5, 5.41) is 10.7. The average Bonchev–Trinajstić information content (AvgIpc) is 0.907. The fraction of sp³-hybridized carbons (Fsp3) is 0.953. The van der Waals surface area contributed by atoms with E-state index < -0.39 is 97.5 Å². The third-order valence-electron chi connectivity index (χ3n) is 20.4. The van der Waals surface area contributed by atoms with E-state index in [1.807, 2.05) is 0 Å². The molecule has 0 saturated carbocycles. The standard InChI is InChI=1S/C86H168O17P2/c1-9-79(8)65-57-49-41-33-27-21-14-12-10-11-13-15-22-28-34-42-50-58-66-83(88)96-72-81(102-85(90)69-61-53-44-36-30-24-18-20-26-32-39-47-55-63-77(4)5)74-100-104(92,93)98-70-80(87)71-99-105(94,95)101-75-82(73-97-84(89)67-59-51-45-37-40-48-56-64-78(6)7)103-86(91)68-60-52-43-35-29-23-17-16-19-25-31-38-46-54-62-76(2)3/h76-82,87H,9-75H2,1-8H3,(H,92,93)(H,94,95)/t79?,80?,81-,82-/m1/s1. The Balaban J connectivity index is 5.21. The Kier molecular flexibility index (Phi) is 73.4. The molecule has 624 valence electrons. The first-order chi connectivity index (χ1) is 50.6. The second-order valence-corrected chi connectivity index (χ2v) is 35.5. The fourth-order valence-electron chi connectivity index (χ4n) is 13.3. The van der Waals surface area contributed by atoms with Gasteiger partial charge in [-0.15, -0.1) is 0 Å². The van der Waals surface area contributed by atoms with Crippen molar-refractivity contribution in [1.82, 2.24) is 0 Å². The second kappa shape index (κ2) is 74.8. The monoisotopic (exact) mass is 1540 g/mol. The Hall–Kier alpha value is -1.94. The molecule has 0 spiro atoms. The van der Waals surface area contributed by atoms with Gasteiger partial charge in [0, 0.05) is 25.7 Å². The molecule has 0 aromatic rings. The molecule has 0 aliphatic heterocycles. The van der Waals surface area contributed by atoms with Crippen LogP contribution in [0.1, 0.15) is 447 Å². The Morgan fingerprint density at radius 1 is 0.267 bits per heavy atom. The van der Waals surface area contributed by atoms with E-state index in [0.29, 0.717) is 31.6 Å². The molecule has 0 aliphatic carbocycles. The van der Waals surface area contributed by atoms with Crippen LogP contribution in [-0.4, -0.2) is 96.7 Å². The molecule has 19 heteroatoms. The molecule has 17 nitrogen and oxygen atoms in total. The largest absolute Gasteiger partial charge is 0.472 e. The highest BCUT2D eigenvalue weighted by atomic mass is 31.2. The molecule has 0 rings (SSSR count). The van der Waals surface area contributed by atoms with E-state index in [4.69, 9.17) is 37.0 Å². The number of rotatable bonds is 83. The first-order valence-electron chi connectivity index (χ1n) is 44.2. The average molecular weight is 1540 g/mol. The van der Waals surface area contributed by atoms with E-state index in [1.165, 1.54) is 244 Å². The lowest BCUT2D eigenvalue weighted by atomic mass is 9.99. The molecular formula is C86H168O17P2. The van der Waals surface area contributed by atoms with Crippen molar-refractivity contribution in [1.29, 1.82) is 0 Å². The molecule has 0 radical (unpaired) electrons. The van der Waals surface area contributed by atoms with E-state index in [2.05, 4.69) is 55.4 Å². The predicted molar refractivity (Wildman–Crippen MR) is 432 cm³/mol. The molecule has 3 N–H and O–H groups in total. The van der Waals surface area contributed by atoms with Crippen molar-refractivity contribution in [3.05, 3.63) is 0 Å². The summed E-state index contributed by atoms with van der Waals surface area (Å²) >= 11 is 0. The molecular weight excluding hydrogens is 1370 g/mol. The molecule has 0 amide bonds. The Labute approximate surface area is 645 Å². The third-order valence-corrected chi connectivity index (χ3v) is 22.3. The number of hydrogen-bond acceptors (Lipinski definition) is 15. The maximum atomic E-state index is 13.1. The number of aliphatic hydroxyl groups excluding tert-OH is 1. The van der Waals surface area contributed by atoms with Crippen molar-refractivity contribution < 1.29 is 80.2 Å². The zero-order chi connectivity index (χ0) is 77.4. The summed E-state index contributed by atoms with van der Waals surface area (Å²) in [5.74, 6) is 1.05. The van der Waals surface area contributed by atoms with Crippen molar-refractivity contribution in [2.45, 2.75) is 465 Å². The molecule has 0 bridgehead atoms. The van der Waals surface area contributed by atoms with Gasteiger partial charge in [0.2, 0.25) is 0 Å². The summed E-state index contributed by atoms with van der Waals surface area (Å²) in [6.45, 7) is 14.3. The summed E-state index contributed by atoms with van der Waals surface area (Å²) in [6.07, 6.45) is 63.9. The van der Waals surface area contributed by atoms with Gasteiger partial charge in [-0.25, -0.2) is 9.13 Å². The number of ether oxygens (including phenoxy) is 4. The van der Waals surface area contributed by atoms with E-state index >= 15 is 0 Å². The molecule has 0 aliphatic rings. The minimum absolute atomic E-state index is 0.107. The van der Waals surface area contributed by atoms with E-state index in [-0.39, 0.29) is 25.7 Å². The normalized spacial score (nSPS) is 14.2. The number of hydrogen-bond donors (Lipinski definition) is 3. The molecule has 0 fully saturated rings. The number of phosphoric ester groups is 2. The zero-order valence-electron chi connectivity index (χ0n) is 69.4. The van der Waals surface area contributed by atoms with Crippen LogP contribution in [0.4, 0.5) is 0 Å². The van der Waals surface area contributed by atoms with Crippen LogP contribution < -0.4 is 0 Å². The maximum Gasteiger partial charge on any atom is 0.472 e. The molecule has 0 aromatic carbocycles. The Morgan fingerprint density at radius 3 is 0.676 bits per heavy atom. The van der Waals surface area contributed by atoms with E-state index in [9.17, 15) is 43.2 Å². The highest BCUT2D eigenvalue weighted by Gasteiger charge is 2.31. The van der Waals surface area contributed by atoms with Crippen LogP contribution in [0, 0.1) is 23.7 Å². The highest BCUT2D eigenvalue weighted by Crippen LogP contribution is 2.45. The van der Waals surface area contributed by atoms with Crippen LogP contribution in [0.3, 0.4) is 0 Å². The first kappa shape index (κ1) is 103. The van der Waals surface area contributed by atoms with Gasteiger partial charge in [-0.05, 0) is 49.4 Å². The van der Waals surface area contributed by atoms with Crippen molar-refractivity contribution in [2.75, 3.05) is 39.6 Å². The minimum atomic E-state index is -4.97. The quantitative estimate of drug-likeness (QED) is 0.0222. The predicted octanol–water partition coefficient (Wildman–Crippen LogP) is 25.9. The van der Waals surface area contributed by atoms with Gasteiger partial charge in [0.1, 0.15) is 19.3 Å². The van der Waals surface area contributed by atoms with Crippen molar-refractivity contribution in [3.8, 4) is 0 Å². The lowest BCUT2D eigenvalue weighted by molar-refractivity contribution is -0.161. The second-order valence-electron chi connectivity index (χ2n) is 32.6. The minimum Gasteiger partial charge on any atom is -0.462 e. The zero-order valence-corrected chi connectivity index (χ0v) is 71.2. The summed E-state index contributed by atoms with van der Waals surface area (Å²) in [4.78, 5) is 73.2. The number of aliphatic hydroxyl groups is 1. The molecule has 0 heterocycles. The van der Waals surface area contributed by atoms with E-state index in [0.717, 1.165) is 114 Å². The maximum absolute atomic E-state index is 13.1. The number of esters is 4. The topological polar surface area (TPSA) is 237 Å². The lowest BCUT2D eigenvalue weighted by Gasteiger charge is -2.21. The number of carbonyl (C=O) groups is 4. The first-order valence-corrected chi connectivity index (χ1v) is 47.2. The fourth-order valence-corrected chi connectivity index (χ4v) is 14.9. The van der Waals surface area contributed by atoms with Crippen LogP contribution in [-0.2, 0) is 65.4 Å². The van der Waals surface area contributed by atoms with E-state index in [1.54, 1.807) is 0 Å². The van der Waals surface area contributed by atoms with Gasteiger partial charge in [0.25, 0.3) is 0 Å². The third kappa shape index (κ3) is 78.5. The van der Waals surface area contributed by atoms with Crippen LogP contribution >= 0.6 is 15.6 Å². The SMILES string of the molecule is CCC(C)CCCCCCCCCCCCCCCCCCCCC(=O)OC[C@H](COP(=O)(O)OCC(O)COP(=O)(O)OC[C@@H](COC(=O)CCCCCCCCCC(C)C)OC(=O)CCCCCCCCCCCCCCCCC(C)C)OC(=O)CCCCCCCCCCCCCCCC(C)C. The summed E-state index contributed by atoms with van der Waals surface area (Å²) < 4.78 is 68.9. The van der Waals surface area contributed by atoms with Gasteiger partial charge < -0.3 is 33.8 Å². The van der Waals surface area contributed by atoms with Crippen LogP contribution in [0.5, 0.6) is 0 Å². The molecule has 0 saturated heterocycles. The van der Waals surface area contributed by atoms with Crippen molar-refractivity contribution in [2.24, 2.45) is 23.7 Å². The van der Waals surface area contributed by atoms with Crippen LogP contribution in [0.25, 0.3) is 0 Å². The van der Waals surface area contributed by atoms with Gasteiger partial charge in [0.05, 0.1) is 26.4 Å². The molecule has 6 atom stereocenters. The van der Waals surface area contributed by atoms with Gasteiger partial charge in [-0.3, -0.25) is 37.3 Å². The summed E-state index contributed by atoms with van der Waals surface area (Å²) in [5.41, 5.74) is 0. The van der Waals surface area contributed by atoms with Crippen LogP contribution in [0.15, 0.2) is 0 Å². The lowest BCUT2D eigenvalue weighted by Crippen LogP contribution is -2.30. The van der Waals surface area contributed by atoms with Gasteiger partial charge >= 0.3 is 39.5 Å². The van der Waals surface area contributed by atoms with Crippen molar-refractivity contribution in [3.63, 3.8) is 0 Å². The van der Waals surface area contributed by atoms with Gasteiger partial charge in [-0.2, -0.15) is 0 Å². The summed E-state index contributed by atoms with van der Waals surface area (Å²) in [6, 6.07) is 0. The smallest absolute Gasteiger partial charge is 0.462 e. The number of phosphoric acid groups is 2. The Bertz CT molecular complexity index is 2040. The van der Waals surface area contributed by atoms with Gasteiger partial charge in [-0.1, -0.05) is 396 Å². The number of unbranched alkanes of at least 4 members (excludes halogenated alkanes) is 48. The van der Waals surface area contributed by atoms with Crippen molar-refractivity contribution >= 4 is 39.5 Å². The molecule has 4 unspecified atom stereocenters. The Morgan fingerprint density at radius 2 is 0.457 bits per heavy atom. The summed E-state index contributed by atoms with van der Waals surface area (Å²) in [7, 11) is -9.93. The highest BCUT2D eigenvalue weighted by molar-refractivity contribution is 7.47. The number of carbonyl (C=O) groups excluding carboxylic acids is 4. The van der Waals surface area contributed by atoms with Crippen LogP contribution in [0.2, 0.25) is 0 Å². The van der Waals surface area contributed by atoms with Gasteiger partial charge in [0.15, 0.2) is 12.2 Å².